The monoisotopic (exact) mass is 317 g/mol. The largest absolute Gasteiger partial charge is 0.393 e. The number of pyridine rings is 1. The Morgan fingerprint density at radius 3 is 3.00 bits per heavy atom. The molecule has 8 nitrogen and oxygen atoms in total. The van der Waals surface area contributed by atoms with Crippen molar-refractivity contribution in [3.05, 3.63) is 54.9 Å². The van der Waals surface area contributed by atoms with Gasteiger partial charge < -0.3 is 4.40 Å². The highest BCUT2D eigenvalue weighted by atomic mass is 15.5. The highest BCUT2D eigenvalue weighted by molar-refractivity contribution is 5.79. The first-order valence-electron chi connectivity index (χ1n) is 7.46. The fraction of sp³-hybridized carbons (Fsp3) is 0.0625. The smallest absolute Gasteiger partial charge is 0.306 e. The quantitative estimate of drug-likeness (QED) is 0.569. The minimum Gasteiger partial charge on any atom is -0.306 e. The number of fused-ring (bicyclic) bond motifs is 2. The second-order valence-electron chi connectivity index (χ2n) is 5.60. The fourth-order valence-corrected chi connectivity index (χ4v) is 2.69. The highest BCUT2D eigenvalue weighted by Crippen LogP contribution is 2.31. The Kier molecular flexibility index (Phi) is 2.55. The molecule has 4 aromatic rings. The Labute approximate surface area is 136 Å². The molecule has 4 aromatic heterocycles. The third kappa shape index (κ3) is 1.97. The summed E-state index contributed by atoms with van der Waals surface area (Å²) in [5.41, 5.74) is 6.85. The van der Waals surface area contributed by atoms with Crippen LogP contribution in [0.15, 0.2) is 49.3 Å². The van der Waals surface area contributed by atoms with E-state index in [1.165, 1.54) is 0 Å². The summed E-state index contributed by atoms with van der Waals surface area (Å²) in [6, 6.07) is 3.99. The van der Waals surface area contributed by atoms with Crippen molar-refractivity contribution >= 4 is 23.5 Å². The summed E-state index contributed by atoms with van der Waals surface area (Å²) in [6.07, 6.45) is 13.1. The zero-order valence-electron chi connectivity index (χ0n) is 12.8. The van der Waals surface area contributed by atoms with E-state index >= 15 is 0 Å². The van der Waals surface area contributed by atoms with Crippen molar-refractivity contribution in [2.45, 2.75) is 0 Å². The molecule has 1 aliphatic heterocycles. The van der Waals surface area contributed by atoms with Crippen LogP contribution in [0.1, 0.15) is 5.56 Å². The molecule has 8 heteroatoms. The van der Waals surface area contributed by atoms with Gasteiger partial charge in [0.1, 0.15) is 11.9 Å². The first-order valence-corrected chi connectivity index (χ1v) is 7.46. The lowest BCUT2D eigenvalue weighted by molar-refractivity contribution is -0.427. The molecule has 5 rings (SSSR count). The number of nitrogens with zero attached hydrogens (tertiary/aromatic N) is 7. The summed E-state index contributed by atoms with van der Waals surface area (Å²) in [6.45, 7) is 0. The van der Waals surface area contributed by atoms with Crippen LogP contribution in [-0.4, -0.2) is 40.0 Å². The molecular formula is C16H13N8+. The zero-order valence-corrected chi connectivity index (χ0v) is 12.8. The molecule has 0 aliphatic carbocycles. The molecule has 1 aliphatic rings. The number of anilines is 1. The van der Waals surface area contributed by atoms with E-state index in [2.05, 4.69) is 25.5 Å². The average Bonchev–Trinajstić information content (AvgIpc) is 3.21. The van der Waals surface area contributed by atoms with Crippen LogP contribution in [0.4, 0.5) is 11.6 Å². The van der Waals surface area contributed by atoms with Crippen molar-refractivity contribution in [3.63, 3.8) is 0 Å². The Hall–Kier alpha value is -3.55. The molecular weight excluding hydrogens is 304 g/mol. The van der Waals surface area contributed by atoms with Crippen molar-refractivity contribution in [2.24, 2.45) is 7.05 Å². The van der Waals surface area contributed by atoms with Gasteiger partial charge in [-0.1, -0.05) is 0 Å². The van der Waals surface area contributed by atoms with Gasteiger partial charge in [-0.25, -0.2) is 9.97 Å². The zero-order chi connectivity index (χ0) is 16.1. The van der Waals surface area contributed by atoms with Gasteiger partial charge >= 0.3 is 5.82 Å². The summed E-state index contributed by atoms with van der Waals surface area (Å²) in [7, 11) is 1.88. The van der Waals surface area contributed by atoms with Crippen LogP contribution in [0.2, 0.25) is 0 Å². The lowest BCUT2D eigenvalue weighted by atomic mass is 10.2. The van der Waals surface area contributed by atoms with Gasteiger partial charge in [0, 0.05) is 37.4 Å². The van der Waals surface area contributed by atoms with Crippen molar-refractivity contribution < 1.29 is 4.68 Å². The number of aromatic nitrogens is 6. The predicted octanol–water partition coefficient (Wildman–Crippen LogP) is 1.63. The van der Waals surface area contributed by atoms with Gasteiger partial charge in [0.05, 0.1) is 18.0 Å². The van der Waals surface area contributed by atoms with Crippen molar-refractivity contribution in [1.82, 2.24) is 29.1 Å². The normalized spacial score (nSPS) is 14.5. The fourth-order valence-electron chi connectivity index (χ4n) is 2.69. The summed E-state index contributed by atoms with van der Waals surface area (Å²) in [5, 5.41) is 4.18. The van der Waals surface area contributed by atoms with Gasteiger partial charge in [-0.2, -0.15) is 10.5 Å². The Bertz CT molecular complexity index is 1100. The molecule has 1 N–H and O–H groups in total. The first kappa shape index (κ1) is 12.9. The summed E-state index contributed by atoms with van der Waals surface area (Å²) in [4.78, 5) is 13.3. The number of hydrazine groups is 1. The molecule has 0 spiro atoms. The van der Waals surface area contributed by atoms with Gasteiger partial charge in [-0.3, -0.25) is 4.68 Å². The number of nitrogens with one attached hydrogen (secondary N) is 1. The maximum absolute atomic E-state index is 4.67. The van der Waals surface area contributed by atoms with Crippen LogP contribution in [0.5, 0.6) is 0 Å². The Balaban J connectivity index is 1.53. The summed E-state index contributed by atoms with van der Waals surface area (Å²) in [5.74, 6) is 1.56. The van der Waals surface area contributed by atoms with E-state index in [0.29, 0.717) is 0 Å². The molecule has 0 radical (unpaired) electrons. The average molecular weight is 317 g/mol. The van der Waals surface area contributed by atoms with Gasteiger partial charge in [0.15, 0.2) is 0 Å². The van der Waals surface area contributed by atoms with Crippen molar-refractivity contribution in [3.8, 4) is 11.3 Å². The minimum absolute atomic E-state index is 0.766. The third-order valence-corrected chi connectivity index (χ3v) is 3.90. The van der Waals surface area contributed by atoms with Crippen LogP contribution in [0.3, 0.4) is 0 Å². The topological polar surface area (TPSA) is 75.9 Å². The van der Waals surface area contributed by atoms with Crippen molar-refractivity contribution in [1.29, 1.82) is 0 Å². The van der Waals surface area contributed by atoms with Crippen LogP contribution in [-0.2, 0) is 7.05 Å². The summed E-state index contributed by atoms with van der Waals surface area (Å²) < 4.78 is 5.59. The van der Waals surface area contributed by atoms with Crippen LogP contribution < -0.4 is 5.43 Å². The second-order valence-corrected chi connectivity index (χ2v) is 5.60. The van der Waals surface area contributed by atoms with Crippen LogP contribution in [0.25, 0.3) is 16.9 Å². The summed E-state index contributed by atoms with van der Waals surface area (Å²) >= 11 is 0. The third-order valence-electron chi connectivity index (χ3n) is 3.90. The molecule has 0 aromatic carbocycles. The van der Waals surface area contributed by atoms with Crippen molar-refractivity contribution in [2.75, 3.05) is 5.43 Å². The minimum atomic E-state index is 0.766. The molecule has 116 valence electrons. The molecule has 0 saturated heterocycles. The molecule has 0 unspecified atom stereocenters. The van der Waals surface area contributed by atoms with Gasteiger partial charge in [-0.05, 0) is 17.1 Å². The number of hydrogen-bond acceptors (Lipinski definition) is 5. The number of hydrogen-bond donors (Lipinski definition) is 1. The lowest BCUT2D eigenvalue weighted by Gasteiger charge is -2.16. The SMILES string of the molecule is Cn1cc(-c2cnc3c(n2)[N+](=Cc2ccc4nccn4c2)N3)cn1. The molecule has 0 saturated carbocycles. The second kappa shape index (κ2) is 4.72. The van der Waals surface area contributed by atoms with Crippen LogP contribution >= 0.6 is 0 Å². The Morgan fingerprint density at radius 2 is 2.12 bits per heavy atom. The lowest BCUT2D eigenvalue weighted by Crippen LogP contribution is -2.28. The van der Waals surface area contributed by atoms with E-state index < -0.39 is 0 Å². The Morgan fingerprint density at radius 1 is 1.17 bits per heavy atom. The van der Waals surface area contributed by atoms with Gasteiger partial charge in [0.25, 0.3) is 5.82 Å². The van der Waals surface area contributed by atoms with E-state index in [-0.39, 0.29) is 0 Å². The molecule has 0 fully saturated rings. The molecule has 0 amide bonds. The first-order chi connectivity index (χ1) is 11.8. The molecule has 0 atom stereocenters. The van der Waals surface area contributed by atoms with Gasteiger partial charge in [0.2, 0.25) is 5.69 Å². The number of rotatable bonds is 2. The van der Waals surface area contributed by atoms with E-state index in [1.807, 2.05) is 53.1 Å². The number of imidazole rings is 1. The molecule has 0 bridgehead atoms. The standard InChI is InChI=1S/C16H13N8/c1-22-10-12(6-19-22)13-7-18-15-16(20-13)24(21-15)9-11-2-3-14-17-4-5-23(14)8-11/h2-10H,1H3,(H,18,21)/q+1. The number of hydrazone groups is 1. The molecule has 5 heterocycles. The maximum atomic E-state index is 4.67. The maximum Gasteiger partial charge on any atom is 0.393 e. The predicted molar refractivity (Wildman–Crippen MR) is 88.1 cm³/mol. The van der Waals surface area contributed by atoms with E-state index in [9.17, 15) is 0 Å². The highest BCUT2D eigenvalue weighted by Gasteiger charge is 2.32. The van der Waals surface area contributed by atoms with Gasteiger partial charge in [-0.15, -0.1) is 4.68 Å². The van der Waals surface area contributed by atoms with E-state index in [4.69, 9.17) is 0 Å². The van der Waals surface area contributed by atoms with E-state index in [1.54, 1.807) is 23.3 Å². The molecule has 24 heavy (non-hydrogen) atoms. The van der Waals surface area contributed by atoms with Crippen LogP contribution in [0, 0.1) is 0 Å². The van der Waals surface area contributed by atoms with E-state index in [0.717, 1.165) is 34.1 Å². The number of aryl methyl sites for hydroxylation is 1.